The highest BCUT2D eigenvalue weighted by molar-refractivity contribution is 4.91. The fourth-order valence-corrected chi connectivity index (χ4v) is 2.47. The van der Waals surface area contributed by atoms with Crippen LogP contribution in [-0.2, 0) is 9.47 Å². The van der Waals surface area contributed by atoms with Gasteiger partial charge in [0.05, 0.1) is 19.3 Å². The van der Waals surface area contributed by atoms with Gasteiger partial charge in [-0.1, -0.05) is 6.92 Å². The van der Waals surface area contributed by atoms with Crippen LogP contribution in [-0.4, -0.2) is 122 Å². The Balaban J connectivity index is 2.86. The van der Waals surface area contributed by atoms with E-state index < -0.39 is 68.3 Å². The molecule has 0 aromatic rings. The number of rotatable bonds is 10. The third-order valence-electron chi connectivity index (χ3n) is 4.04. The number of aliphatic hydroxyl groups is 8. The lowest BCUT2D eigenvalue weighted by atomic mass is 9.98. The second-order valence-electron chi connectivity index (χ2n) is 5.91. The summed E-state index contributed by atoms with van der Waals surface area (Å²) in [6, 6.07) is 0. The first-order valence-electron chi connectivity index (χ1n) is 8.10. The molecule has 0 bridgehead atoms. The van der Waals surface area contributed by atoms with Crippen LogP contribution >= 0.6 is 0 Å². The molecule has 1 heterocycles. The van der Waals surface area contributed by atoms with Gasteiger partial charge in [-0.25, -0.2) is 0 Å². The largest absolute Gasteiger partial charge is 0.394 e. The SMILES string of the molecule is CCNCC(O)C(O)C(OC1OC(CO)C(O)C(O)C1O)C(O)CO. The summed E-state index contributed by atoms with van der Waals surface area (Å²) in [7, 11) is 0. The fraction of sp³-hybridized carbons (Fsp3) is 1.00. The molecule has 0 amide bonds. The number of hydrogen-bond acceptors (Lipinski definition) is 11. The van der Waals surface area contributed by atoms with Gasteiger partial charge >= 0.3 is 0 Å². The summed E-state index contributed by atoms with van der Waals surface area (Å²) in [5.74, 6) is 0. The summed E-state index contributed by atoms with van der Waals surface area (Å²) < 4.78 is 10.4. The van der Waals surface area contributed by atoms with Crippen molar-refractivity contribution < 1.29 is 50.3 Å². The topological polar surface area (TPSA) is 192 Å². The van der Waals surface area contributed by atoms with Gasteiger partial charge in [0.1, 0.15) is 42.7 Å². The number of aliphatic hydroxyl groups excluding tert-OH is 8. The Morgan fingerprint density at radius 2 is 1.64 bits per heavy atom. The van der Waals surface area contributed by atoms with Gasteiger partial charge in [0.25, 0.3) is 0 Å². The predicted octanol–water partition coefficient (Wildman–Crippen LogP) is -5.14. The van der Waals surface area contributed by atoms with E-state index in [9.17, 15) is 30.6 Å². The summed E-state index contributed by atoms with van der Waals surface area (Å²) in [5.41, 5.74) is 0. The number of ether oxygens (including phenoxy) is 2. The number of hydrogen-bond donors (Lipinski definition) is 9. The molecule has 1 fully saturated rings. The van der Waals surface area contributed by atoms with Crippen molar-refractivity contribution >= 4 is 0 Å². The van der Waals surface area contributed by atoms with Gasteiger partial charge in [0, 0.05) is 6.54 Å². The van der Waals surface area contributed by atoms with Crippen molar-refractivity contribution in [3.63, 3.8) is 0 Å². The first-order chi connectivity index (χ1) is 11.8. The summed E-state index contributed by atoms with van der Waals surface area (Å²) in [4.78, 5) is 0. The Labute approximate surface area is 145 Å². The molecule has 1 aliphatic rings. The van der Waals surface area contributed by atoms with E-state index in [1.54, 1.807) is 6.92 Å². The molecular formula is C14H29NO10. The molecule has 9 atom stereocenters. The summed E-state index contributed by atoms with van der Waals surface area (Å²) >= 11 is 0. The molecule has 0 aromatic carbocycles. The van der Waals surface area contributed by atoms with Gasteiger partial charge in [-0.3, -0.25) is 0 Å². The van der Waals surface area contributed by atoms with Gasteiger partial charge in [-0.05, 0) is 6.54 Å². The van der Waals surface area contributed by atoms with Gasteiger partial charge in [-0.2, -0.15) is 0 Å². The Hall–Kier alpha value is -0.440. The van der Waals surface area contributed by atoms with Crippen molar-refractivity contribution in [2.24, 2.45) is 0 Å². The molecule has 1 saturated heterocycles. The van der Waals surface area contributed by atoms with Crippen LogP contribution < -0.4 is 5.32 Å². The first kappa shape index (κ1) is 22.6. The lowest BCUT2D eigenvalue weighted by Crippen LogP contribution is -2.61. The molecule has 9 unspecified atom stereocenters. The molecule has 25 heavy (non-hydrogen) atoms. The molecule has 1 rings (SSSR count). The Kier molecular flexibility index (Phi) is 9.62. The van der Waals surface area contributed by atoms with E-state index in [1.165, 1.54) is 0 Å². The zero-order valence-corrected chi connectivity index (χ0v) is 13.9. The Morgan fingerprint density at radius 1 is 1.00 bits per heavy atom. The zero-order chi connectivity index (χ0) is 19.1. The predicted molar refractivity (Wildman–Crippen MR) is 82.3 cm³/mol. The van der Waals surface area contributed by atoms with E-state index in [4.69, 9.17) is 19.7 Å². The maximum atomic E-state index is 10.2. The summed E-state index contributed by atoms with van der Waals surface area (Å²) in [5, 5.41) is 80.4. The third kappa shape index (κ3) is 5.77. The van der Waals surface area contributed by atoms with Crippen molar-refractivity contribution in [2.45, 2.75) is 62.0 Å². The minimum absolute atomic E-state index is 0.0235. The fourth-order valence-electron chi connectivity index (χ4n) is 2.47. The Bertz CT molecular complexity index is 374. The van der Waals surface area contributed by atoms with E-state index in [0.717, 1.165) is 0 Å². The molecule has 0 spiro atoms. The first-order valence-corrected chi connectivity index (χ1v) is 8.10. The van der Waals surface area contributed by atoms with E-state index in [1.807, 2.05) is 0 Å². The van der Waals surface area contributed by atoms with Gasteiger partial charge in [-0.15, -0.1) is 0 Å². The minimum atomic E-state index is -1.75. The molecule has 11 heteroatoms. The van der Waals surface area contributed by atoms with Gasteiger partial charge in [0.2, 0.25) is 0 Å². The minimum Gasteiger partial charge on any atom is -0.394 e. The normalized spacial score (nSPS) is 35.2. The number of likely N-dealkylation sites (N-methyl/N-ethyl adjacent to an activating group) is 1. The molecular weight excluding hydrogens is 342 g/mol. The maximum Gasteiger partial charge on any atom is 0.187 e. The molecule has 0 radical (unpaired) electrons. The lowest BCUT2D eigenvalue weighted by Gasteiger charge is -2.42. The molecule has 9 N–H and O–H groups in total. The highest BCUT2D eigenvalue weighted by atomic mass is 16.7. The van der Waals surface area contributed by atoms with E-state index in [2.05, 4.69) is 5.32 Å². The average Bonchev–Trinajstić information content (AvgIpc) is 2.62. The average molecular weight is 371 g/mol. The van der Waals surface area contributed by atoms with Crippen LogP contribution in [0.5, 0.6) is 0 Å². The van der Waals surface area contributed by atoms with Gasteiger partial charge in [0.15, 0.2) is 6.29 Å². The van der Waals surface area contributed by atoms with E-state index >= 15 is 0 Å². The van der Waals surface area contributed by atoms with Crippen LogP contribution in [0.3, 0.4) is 0 Å². The summed E-state index contributed by atoms with van der Waals surface area (Å²) in [6.07, 6.45) is -14.1. The number of nitrogens with one attached hydrogen (secondary N) is 1. The van der Waals surface area contributed by atoms with Crippen molar-refractivity contribution in [1.82, 2.24) is 5.32 Å². The molecule has 11 nitrogen and oxygen atoms in total. The Morgan fingerprint density at radius 3 is 2.16 bits per heavy atom. The van der Waals surface area contributed by atoms with Crippen molar-refractivity contribution in [2.75, 3.05) is 26.3 Å². The van der Waals surface area contributed by atoms with Crippen molar-refractivity contribution in [3.05, 3.63) is 0 Å². The molecule has 1 aliphatic heterocycles. The molecule has 0 saturated carbocycles. The maximum absolute atomic E-state index is 10.2. The smallest absolute Gasteiger partial charge is 0.187 e. The summed E-state index contributed by atoms with van der Waals surface area (Å²) in [6.45, 7) is 0.787. The highest BCUT2D eigenvalue weighted by Gasteiger charge is 2.46. The van der Waals surface area contributed by atoms with Crippen LogP contribution in [0.15, 0.2) is 0 Å². The van der Waals surface area contributed by atoms with Crippen LogP contribution in [0.25, 0.3) is 0 Å². The van der Waals surface area contributed by atoms with E-state index in [-0.39, 0.29) is 6.54 Å². The molecule has 0 aliphatic carbocycles. The standard InChI is InChI=1S/C14H29NO10/c1-2-15-3-6(18)9(20)13(7(19)4-16)25-14-12(23)11(22)10(21)8(5-17)24-14/h6-23H,2-5H2,1H3. The third-order valence-corrected chi connectivity index (χ3v) is 4.04. The van der Waals surface area contributed by atoms with E-state index in [0.29, 0.717) is 6.54 Å². The van der Waals surface area contributed by atoms with Crippen LogP contribution in [0, 0.1) is 0 Å². The monoisotopic (exact) mass is 371 g/mol. The van der Waals surface area contributed by atoms with Crippen molar-refractivity contribution in [3.8, 4) is 0 Å². The van der Waals surface area contributed by atoms with Gasteiger partial charge < -0.3 is 55.6 Å². The van der Waals surface area contributed by atoms with Crippen molar-refractivity contribution in [1.29, 1.82) is 0 Å². The second-order valence-corrected chi connectivity index (χ2v) is 5.91. The lowest BCUT2D eigenvalue weighted by molar-refractivity contribution is -0.327. The zero-order valence-electron chi connectivity index (χ0n) is 13.9. The van der Waals surface area contributed by atoms with Crippen LogP contribution in [0.2, 0.25) is 0 Å². The molecule has 0 aromatic heterocycles. The van der Waals surface area contributed by atoms with Crippen LogP contribution in [0.4, 0.5) is 0 Å². The quantitative estimate of drug-likeness (QED) is 0.178. The highest BCUT2D eigenvalue weighted by Crippen LogP contribution is 2.24. The van der Waals surface area contributed by atoms with Crippen LogP contribution in [0.1, 0.15) is 6.92 Å². The second kappa shape index (κ2) is 10.6. The molecule has 150 valence electrons.